The highest BCUT2D eigenvalue weighted by Crippen LogP contribution is 2.34. The molecule has 4 aromatic rings. The molecule has 0 spiro atoms. The monoisotopic (exact) mass is 531 g/mol. The number of aromatic nitrogens is 2. The zero-order chi connectivity index (χ0) is 24.5. The third-order valence-corrected chi connectivity index (χ3v) is 7.20. The lowest BCUT2D eigenvalue weighted by Crippen LogP contribution is -2.24. The van der Waals surface area contributed by atoms with Gasteiger partial charge < -0.3 is 14.2 Å². The molecular weight excluding hydrogens is 502 g/mol. The Morgan fingerprint density at radius 1 is 1.09 bits per heavy atom. The van der Waals surface area contributed by atoms with E-state index in [0.717, 1.165) is 32.8 Å². The van der Waals surface area contributed by atoms with Gasteiger partial charge in [-0.05, 0) is 66.4 Å². The van der Waals surface area contributed by atoms with Gasteiger partial charge in [0.1, 0.15) is 18.2 Å². The number of para-hydroxylation sites is 2. The van der Waals surface area contributed by atoms with Crippen LogP contribution in [0.1, 0.15) is 49.1 Å². The van der Waals surface area contributed by atoms with Crippen molar-refractivity contribution in [3.05, 3.63) is 88.2 Å². The molecule has 6 heteroatoms. The van der Waals surface area contributed by atoms with E-state index >= 15 is 0 Å². The standard InChI is InChI=1S/C29H30BrN3O2/c1-19(2)24-13-8-20(3)16-27(24)35-15-14-32-26-7-5-4-6-25(26)31-29(32)21-17-28(34)33(18-21)23-11-9-22(30)10-12-23/h4-13,16,19,21H,14-15,17-18H2,1-3H3. The average Bonchev–Trinajstić information content (AvgIpc) is 3.40. The van der Waals surface area contributed by atoms with Gasteiger partial charge in [-0.2, -0.15) is 0 Å². The number of fused-ring (bicyclic) bond motifs is 1. The number of imidazole rings is 1. The predicted molar refractivity (Wildman–Crippen MR) is 144 cm³/mol. The lowest BCUT2D eigenvalue weighted by atomic mass is 10.0. The largest absolute Gasteiger partial charge is 0.491 e. The number of hydrogen-bond acceptors (Lipinski definition) is 3. The first-order valence-corrected chi connectivity index (χ1v) is 12.9. The fraction of sp³-hybridized carbons (Fsp3) is 0.310. The molecule has 1 aliphatic heterocycles. The van der Waals surface area contributed by atoms with Gasteiger partial charge in [-0.1, -0.05) is 54.0 Å². The number of nitrogens with zero attached hydrogens (tertiary/aromatic N) is 3. The van der Waals surface area contributed by atoms with Gasteiger partial charge in [0.2, 0.25) is 5.91 Å². The summed E-state index contributed by atoms with van der Waals surface area (Å²) in [7, 11) is 0. The van der Waals surface area contributed by atoms with Crippen LogP contribution in [0.3, 0.4) is 0 Å². The molecule has 0 N–H and O–H groups in total. The topological polar surface area (TPSA) is 47.4 Å². The molecule has 0 saturated carbocycles. The number of carbonyl (C=O) groups is 1. The molecule has 5 nitrogen and oxygen atoms in total. The Kier molecular flexibility index (Phi) is 6.65. The number of amides is 1. The Morgan fingerprint density at radius 3 is 2.63 bits per heavy atom. The Bertz CT molecular complexity index is 1360. The van der Waals surface area contributed by atoms with Crippen LogP contribution in [-0.4, -0.2) is 28.6 Å². The lowest BCUT2D eigenvalue weighted by Gasteiger charge is -2.18. The van der Waals surface area contributed by atoms with Crippen LogP contribution in [0.25, 0.3) is 11.0 Å². The summed E-state index contributed by atoms with van der Waals surface area (Å²) < 4.78 is 9.55. The van der Waals surface area contributed by atoms with Crippen molar-refractivity contribution in [3.8, 4) is 5.75 Å². The van der Waals surface area contributed by atoms with E-state index in [4.69, 9.17) is 9.72 Å². The van der Waals surface area contributed by atoms with Gasteiger partial charge in [0.25, 0.3) is 0 Å². The van der Waals surface area contributed by atoms with Gasteiger partial charge in [0, 0.05) is 29.0 Å². The zero-order valence-electron chi connectivity index (χ0n) is 20.4. The summed E-state index contributed by atoms with van der Waals surface area (Å²) in [5.74, 6) is 2.46. The van der Waals surface area contributed by atoms with Gasteiger partial charge in [-0.15, -0.1) is 0 Å². The van der Waals surface area contributed by atoms with Crippen LogP contribution in [0.15, 0.2) is 71.2 Å². The number of rotatable bonds is 7. The van der Waals surface area contributed by atoms with E-state index in [1.807, 2.05) is 47.4 Å². The van der Waals surface area contributed by atoms with Crippen molar-refractivity contribution in [2.24, 2.45) is 0 Å². The Labute approximate surface area is 214 Å². The molecule has 1 unspecified atom stereocenters. The van der Waals surface area contributed by atoms with E-state index < -0.39 is 0 Å². The Morgan fingerprint density at radius 2 is 1.86 bits per heavy atom. The maximum atomic E-state index is 13.0. The quantitative estimate of drug-likeness (QED) is 0.262. The molecule has 3 aromatic carbocycles. The van der Waals surface area contributed by atoms with Gasteiger partial charge in [-0.25, -0.2) is 4.98 Å². The molecule has 5 rings (SSSR count). The number of benzene rings is 3. The van der Waals surface area contributed by atoms with E-state index in [1.165, 1.54) is 11.1 Å². The smallest absolute Gasteiger partial charge is 0.227 e. The molecule has 35 heavy (non-hydrogen) atoms. The molecule has 0 aliphatic carbocycles. The highest BCUT2D eigenvalue weighted by Gasteiger charge is 2.34. The first-order valence-electron chi connectivity index (χ1n) is 12.1. The molecule has 1 atom stereocenters. The fourth-order valence-electron chi connectivity index (χ4n) is 4.88. The SMILES string of the molecule is Cc1ccc(C(C)C)c(OCCn2c(C3CC(=O)N(c4ccc(Br)cc4)C3)nc3ccccc32)c1. The van der Waals surface area contributed by atoms with Gasteiger partial charge >= 0.3 is 0 Å². The first kappa shape index (κ1) is 23.6. The van der Waals surface area contributed by atoms with E-state index in [2.05, 4.69) is 65.5 Å². The van der Waals surface area contributed by atoms with E-state index in [-0.39, 0.29) is 11.8 Å². The minimum absolute atomic E-state index is 0.0312. The van der Waals surface area contributed by atoms with Crippen molar-refractivity contribution in [1.82, 2.24) is 9.55 Å². The van der Waals surface area contributed by atoms with Crippen molar-refractivity contribution < 1.29 is 9.53 Å². The van der Waals surface area contributed by atoms with Gasteiger partial charge in [0.05, 0.1) is 17.6 Å². The molecule has 2 heterocycles. The second-order valence-electron chi connectivity index (χ2n) is 9.54. The maximum absolute atomic E-state index is 13.0. The van der Waals surface area contributed by atoms with Crippen molar-refractivity contribution >= 4 is 38.6 Å². The summed E-state index contributed by atoms with van der Waals surface area (Å²) in [6, 6.07) is 22.5. The summed E-state index contributed by atoms with van der Waals surface area (Å²) in [6.07, 6.45) is 0.454. The van der Waals surface area contributed by atoms with Crippen molar-refractivity contribution in [2.45, 2.75) is 45.6 Å². The van der Waals surface area contributed by atoms with Gasteiger partial charge in [0.15, 0.2) is 0 Å². The highest BCUT2D eigenvalue weighted by atomic mass is 79.9. The van der Waals surface area contributed by atoms with Crippen LogP contribution in [0.5, 0.6) is 5.75 Å². The third kappa shape index (κ3) is 4.85. The molecule has 1 saturated heterocycles. The Hall–Kier alpha value is -3.12. The lowest BCUT2D eigenvalue weighted by molar-refractivity contribution is -0.117. The number of hydrogen-bond donors (Lipinski definition) is 0. The zero-order valence-corrected chi connectivity index (χ0v) is 22.0. The van der Waals surface area contributed by atoms with E-state index in [1.54, 1.807) is 0 Å². The van der Waals surface area contributed by atoms with Crippen LogP contribution < -0.4 is 9.64 Å². The molecule has 1 aromatic heterocycles. The van der Waals surface area contributed by atoms with Crippen LogP contribution in [-0.2, 0) is 11.3 Å². The summed E-state index contributed by atoms with van der Waals surface area (Å²) >= 11 is 3.48. The molecule has 0 radical (unpaired) electrons. The summed E-state index contributed by atoms with van der Waals surface area (Å²) in [5, 5.41) is 0. The van der Waals surface area contributed by atoms with Crippen LogP contribution in [0.4, 0.5) is 5.69 Å². The summed E-state index contributed by atoms with van der Waals surface area (Å²) in [6.45, 7) is 8.30. The normalized spacial score (nSPS) is 16.0. The molecule has 0 bridgehead atoms. The maximum Gasteiger partial charge on any atom is 0.227 e. The van der Waals surface area contributed by atoms with Crippen molar-refractivity contribution in [3.63, 3.8) is 0 Å². The number of carbonyl (C=O) groups excluding carboxylic acids is 1. The van der Waals surface area contributed by atoms with Gasteiger partial charge in [-0.3, -0.25) is 4.79 Å². The molecule has 1 fully saturated rings. The average molecular weight is 532 g/mol. The van der Waals surface area contributed by atoms with Crippen molar-refractivity contribution in [2.75, 3.05) is 18.1 Å². The number of anilines is 1. The fourth-order valence-corrected chi connectivity index (χ4v) is 5.15. The highest BCUT2D eigenvalue weighted by molar-refractivity contribution is 9.10. The summed E-state index contributed by atoms with van der Waals surface area (Å²) in [5.41, 5.74) is 5.37. The third-order valence-electron chi connectivity index (χ3n) is 6.68. The molecule has 180 valence electrons. The van der Waals surface area contributed by atoms with E-state index in [0.29, 0.717) is 32.0 Å². The number of aryl methyl sites for hydroxylation is 1. The van der Waals surface area contributed by atoms with Crippen LogP contribution >= 0.6 is 15.9 Å². The molecular formula is C29H30BrN3O2. The minimum Gasteiger partial charge on any atom is -0.491 e. The predicted octanol–water partition coefficient (Wildman–Crippen LogP) is 6.83. The Balaban J connectivity index is 1.40. The van der Waals surface area contributed by atoms with Crippen LogP contribution in [0, 0.1) is 6.92 Å². The first-order chi connectivity index (χ1) is 16.9. The number of ether oxygens (including phenoxy) is 1. The number of halogens is 1. The van der Waals surface area contributed by atoms with E-state index in [9.17, 15) is 4.79 Å². The van der Waals surface area contributed by atoms with Crippen molar-refractivity contribution in [1.29, 1.82) is 0 Å². The second kappa shape index (κ2) is 9.86. The second-order valence-corrected chi connectivity index (χ2v) is 10.5. The summed E-state index contributed by atoms with van der Waals surface area (Å²) in [4.78, 5) is 19.8. The molecule has 1 amide bonds. The minimum atomic E-state index is 0.0312. The molecule has 1 aliphatic rings. The van der Waals surface area contributed by atoms with Crippen LogP contribution in [0.2, 0.25) is 0 Å².